The Morgan fingerprint density at radius 1 is 1.24 bits per heavy atom. The Hall–Kier alpha value is -2.70. The van der Waals surface area contributed by atoms with E-state index in [9.17, 15) is 18.8 Å². The first kappa shape index (κ1) is 16.4. The Kier molecular flexibility index (Phi) is 6.06. The summed E-state index contributed by atoms with van der Waals surface area (Å²) in [6.07, 6.45) is 2.15. The standard InChI is InChI=1S/C14H15FN2O4/c1-9(18)16-6-7-17-14(21)11-8-10(2-4-12(11)15)3-5-13(19)20/h2-5,8H,6-7H2,1H3,(H,16,18)(H,17,21)(H,19,20). The minimum Gasteiger partial charge on any atom is -0.478 e. The fourth-order valence-electron chi connectivity index (χ4n) is 1.50. The van der Waals surface area contributed by atoms with Crippen LogP contribution in [0.3, 0.4) is 0 Å². The molecule has 0 aliphatic rings. The fraction of sp³-hybridized carbons (Fsp3) is 0.214. The molecule has 112 valence electrons. The van der Waals surface area contributed by atoms with Crippen LogP contribution in [0.15, 0.2) is 24.3 Å². The van der Waals surface area contributed by atoms with Crippen LogP contribution in [0.4, 0.5) is 4.39 Å². The van der Waals surface area contributed by atoms with E-state index in [4.69, 9.17) is 5.11 Å². The van der Waals surface area contributed by atoms with Crippen LogP contribution in [0.1, 0.15) is 22.8 Å². The Balaban J connectivity index is 2.72. The summed E-state index contributed by atoms with van der Waals surface area (Å²) in [5.41, 5.74) is 0.205. The SMILES string of the molecule is CC(=O)NCCNC(=O)c1cc(C=CC(=O)O)ccc1F. The monoisotopic (exact) mass is 294 g/mol. The first-order valence-corrected chi connectivity index (χ1v) is 6.13. The van der Waals surface area contributed by atoms with Crippen molar-refractivity contribution in [3.05, 3.63) is 41.2 Å². The molecule has 0 unspecified atom stereocenters. The van der Waals surface area contributed by atoms with Crippen LogP contribution in [-0.2, 0) is 9.59 Å². The van der Waals surface area contributed by atoms with Gasteiger partial charge in [0.25, 0.3) is 5.91 Å². The lowest BCUT2D eigenvalue weighted by Crippen LogP contribution is -2.34. The summed E-state index contributed by atoms with van der Waals surface area (Å²) < 4.78 is 13.6. The van der Waals surface area contributed by atoms with E-state index in [0.717, 1.165) is 12.1 Å². The summed E-state index contributed by atoms with van der Waals surface area (Å²) >= 11 is 0. The van der Waals surface area contributed by atoms with Crippen molar-refractivity contribution in [1.82, 2.24) is 10.6 Å². The van der Waals surface area contributed by atoms with Crippen LogP contribution in [0.5, 0.6) is 0 Å². The van der Waals surface area contributed by atoms with Gasteiger partial charge in [0.15, 0.2) is 0 Å². The third kappa shape index (κ3) is 5.85. The van der Waals surface area contributed by atoms with E-state index in [1.54, 1.807) is 0 Å². The highest BCUT2D eigenvalue weighted by Gasteiger charge is 2.11. The summed E-state index contributed by atoms with van der Waals surface area (Å²) in [5.74, 6) is -2.71. The van der Waals surface area contributed by atoms with Gasteiger partial charge in [-0.3, -0.25) is 9.59 Å². The van der Waals surface area contributed by atoms with Gasteiger partial charge in [-0.1, -0.05) is 6.07 Å². The number of carbonyl (C=O) groups excluding carboxylic acids is 2. The van der Waals surface area contributed by atoms with Crippen molar-refractivity contribution in [2.75, 3.05) is 13.1 Å². The van der Waals surface area contributed by atoms with Gasteiger partial charge in [-0.15, -0.1) is 0 Å². The number of carboxylic acid groups (broad SMARTS) is 1. The maximum atomic E-state index is 13.6. The number of nitrogens with one attached hydrogen (secondary N) is 2. The molecule has 0 aliphatic heterocycles. The number of carbonyl (C=O) groups is 3. The van der Waals surface area contributed by atoms with E-state index in [2.05, 4.69) is 10.6 Å². The van der Waals surface area contributed by atoms with Crippen molar-refractivity contribution in [3.63, 3.8) is 0 Å². The Bertz CT molecular complexity index is 584. The lowest BCUT2D eigenvalue weighted by molar-refractivity contribution is -0.131. The van der Waals surface area contributed by atoms with Crippen LogP contribution in [0.25, 0.3) is 6.08 Å². The molecule has 1 aromatic rings. The van der Waals surface area contributed by atoms with E-state index in [0.29, 0.717) is 5.56 Å². The number of aliphatic carboxylic acids is 1. The van der Waals surface area contributed by atoms with Gasteiger partial charge in [0.2, 0.25) is 5.91 Å². The molecule has 0 atom stereocenters. The van der Waals surface area contributed by atoms with E-state index in [1.807, 2.05) is 0 Å². The van der Waals surface area contributed by atoms with E-state index >= 15 is 0 Å². The number of rotatable bonds is 6. The molecule has 0 aliphatic carbocycles. The second kappa shape index (κ2) is 7.78. The molecule has 0 aromatic heterocycles. The van der Waals surface area contributed by atoms with Gasteiger partial charge in [0, 0.05) is 26.1 Å². The number of hydrogen-bond acceptors (Lipinski definition) is 3. The molecular formula is C14H15FN2O4. The largest absolute Gasteiger partial charge is 0.478 e. The molecule has 1 rings (SSSR count). The summed E-state index contributed by atoms with van der Waals surface area (Å²) in [5, 5.41) is 13.5. The van der Waals surface area contributed by atoms with Gasteiger partial charge >= 0.3 is 5.97 Å². The van der Waals surface area contributed by atoms with Crippen molar-refractivity contribution in [2.45, 2.75) is 6.92 Å². The van der Waals surface area contributed by atoms with Crippen LogP contribution in [0, 0.1) is 5.82 Å². The molecule has 21 heavy (non-hydrogen) atoms. The van der Waals surface area contributed by atoms with Gasteiger partial charge in [0.1, 0.15) is 5.82 Å². The van der Waals surface area contributed by atoms with Gasteiger partial charge in [-0.05, 0) is 23.8 Å². The predicted molar refractivity (Wildman–Crippen MR) is 74.1 cm³/mol. The van der Waals surface area contributed by atoms with Crippen LogP contribution in [0.2, 0.25) is 0 Å². The van der Waals surface area contributed by atoms with E-state index in [1.165, 1.54) is 25.1 Å². The first-order valence-electron chi connectivity index (χ1n) is 6.13. The molecular weight excluding hydrogens is 279 g/mol. The lowest BCUT2D eigenvalue weighted by Gasteiger charge is -2.07. The average molecular weight is 294 g/mol. The van der Waals surface area contributed by atoms with Crippen LogP contribution in [-0.4, -0.2) is 36.0 Å². The smallest absolute Gasteiger partial charge is 0.328 e. The van der Waals surface area contributed by atoms with Crippen molar-refractivity contribution >= 4 is 23.9 Å². The van der Waals surface area contributed by atoms with Gasteiger partial charge in [0.05, 0.1) is 5.56 Å². The molecule has 0 heterocycles. The zero-order chi connectivity index (χ0) is 15.8. The molecule has 0 saturated carbocycles. The Morgan fingerprint density at radius 2 is 1.90 bits per heavy atom. The van der Waals surface area contributed by atoms with Crippen molar-refractivity contribution in [3.8, 4) is 0 Å². The number of amides is 2. The normalized spacial score (nSPS) is 10.4. The maximum Gasteiger partial charge on any atom is 0.328 e. The molecule has 6 nitrogen and oxygen atoms in total. The number of halogens is 1. The highest BCUT2D eigenvalue weighted by molar-refractivity contribution is 5.95. The van der Waals surface area contributed by atoms with Crippen LogP contribution >= 0.6 is 0 Å². The highest BCUT2D eigenvalue weighted by atomic mass is 19.1. The van der Waals surface area contributed by atoms with Gasteiger partial charge in [-0.25, -0.2) is 9.18 Å². The lowest BCUT2D eigenvalue weighted by atomic mass is 10.1. The quantitative estimate of drug-likeness (QED) is 0.534. The van der Waals surface area contributed by atoms with Crippen molar-refractivity contribution < 1.29 is 23.9 Å². The van der Waals surface area contributed by atoms with Crippen molar-refractivity contribution in [2.24, 2.45) is 0 Å². The second-order valence-electron chi connectivity index (χ2n) is 4.15. The summed E-state index contributed by atoms with van der Waals surface area (Å²) in [6, 6.07) is 3.70. The molecule has 0 radical (unpaired) electrons. The van der Waals surface area contributed by atoms with Crippen molar-refractivity contribution in [1.29, 1.82) is 0 Å². The zero-order valence-electron chi connectivity index (χ0n) is 11.4. The third-order valence-corrected chi connectivity index (χ3v) is 2.44. The van der Waals surface area contributed by atoms with Gasteiger partial charge < -0.3 is 15.7 Å². The minimum absolute atomic E-state index is 0.160. The molecule has 0 saturated heterocycles. The second-order valence-corrected chi connectivity index (χ2v) is 4.15. The summed E-state index contributed by atoms with van der Waals surface area (Å²) in [7, 11) is 0. The topological polar surface area (TPSA) is 95.5 Å². The molecule has 0 fully saturated rings. The van der Waals surface area contributed by atoms with E-state index < -0.39 is 17.7 Å². The number of carboxylic acids is 1. The fourth-order valence-corrected chi connectivity index (χ4v) is 1.50. The predicted octanol–water partition coefficient (Wildman–Crippen LogP) is 0.789. The minimum atomic E-state index is -1.14. The average Bonchev–Trinajstić information content (AvgIpc) is 2.42. The molecule has 2 amide bonds. The Labute approximate surface area is 120 Å². The van der Waals surface area contributed by atoms with Crippen LogP contribution < -0.4 is 10.6 Å². The number of benzene rings is 1. The molecule has 7 heteroatoms. The molecule has 0 spiro atoms. The molecule has 0 bridgehead atoms. The number of hydrogen-bond donors (Lipinski definition) is 3. The summed E-state index contributed by atoms with van der Waals surface area (Å²) in [4.78, 5) is 32.9. The highest BCUT2D eigenvalue weighted by Crippen LogP contribution is 2.12. The molecule has 3 N–H and O–H groups in total. The maximum absolute atomic E-state index is 13.6. The molecule has 1 aromatic carbocycles. The van der Waals surface area contributed by atoms with E-state index in [-0.39, 0.29) is 24.6 Å². The Morgan fingerprint density at radius 3 is 2.52 bits per heavy atom. The summed E-state index contributed by atoms with van der Waals surface area (Å²) in [6.45, 7) is 1.74. The first-order chi connectivity index (χ1) is 9.90. The third-order valence-electron chi connectivity index (χ3n) is 2.44. The zero-order valence-corrected chi connectivity index (χ0v) is 11.4. The van der Waals surface area contributed by atoms with Gasteiger partial charge in [-0.2, -0.15) is 0 Å².